The molecule has 0 aromatic heterocycles. The lowest BCUT2D eigenvalue weighted by atomic mass is 10.0. The number of benzene rings is 1. The van der Waals surface area contributed by atoms with Crippen LogP contribution in [0.5, 0.6) is 11.5 Å². The van der Waals surface area contributed by atoms with Gasteiger partial charge in [0.05, 0.1) is 12.3 Å². The van der Waals surface area contributed by atoms with Gasteiger partial charge in [-0.1, -0.05) is 0 Å². The van der Waals surface area contributed by atoms with Gasteiger partial charge in [0.15, 0.2) is 0 Å². The molecule has 0 bridgehead atoms. The maximum absolute atomic E-state index is 12.4. The third kappa shape index (κ3) is 4.40. The first-order chi connectivity index (χ1) is 15.3. The molecule has 32 heavy (non-hydrogen) atoms. The topological polar surface area (TPSA) is 136 Å². The van der Waals surface area contributed by atoms with Gasteiger partial charge in [0.1, 0.15) is 28.5 Å². The molecule has 0 unspecified atom stereocenters. The van der Waals surface area contributed by atoms with Crippen LogP contribution in [-0.2, 0) is 20.9 Å². The van der Waals surface area contributed by atoms with Crippen molar-refractivity contribution >= 4 is 17.5 Å². The van der Waals surface area contributed by atoms with E-state index in [-0.39, 0.29) is 41.8 Å². The van der Waals surface area contributed by atoms with Crippen molar-refractivity contribution in [3.63, 3.8) is 0 Å². The largest absolute Gasteiger partial charge is 0.508 e. The Labute approximate surface area is 185 Å². The summed E-state index contributed by atoms with van der Waals surface area (Å²) in [5.74, 6) is -0.994. The quantitative estimate of drug-likeness (QED) is 0.237. The first kappa shape index (κ1) is 21.7. The number of hydrogen-bond acceptors (Lipinski definition) is 10. The summed E-state index contributed by atoms with van der Waals surface area (Å²) >= 11 is 0. The van der Waals surface area contributed by atoms with E-state index in [1.165, 1.54) is 12.1 Å². The van der Waals surface area contributed by atoms with Crippen molar-refractivity contribution in [3.05, 3.63) is 46.4 Å². The average molecular weight is 442 g/mol. The van der Waals surface area contributed by atoms with Crippen LogP contribution in [0.2, 0.25) is 0 Å². The Morgan fingerprint density at radius 2 is 1.56 bits per heavy atom. The van der Waals surface area contributed by atoms with Crippen molar-refractivity contribution < 1.29 is 29.3 Å². The zero-order valence-corrected chi connectivity index (χ0v) is 17.8. The molecular weight excluding hydrogens is 416 g/mol. The predicted octanol–water partition coefficient (Wildman–Crippen LogP) is -0.0863. The number of ketones is 2. The fraction of sp³-hybridized carbons (Fsp3) is 0.409. The number of carbonyl (C=O) groups excluding carboxylic acids is 3. The number of allylic oxidation sites excluding steroid dienone is 1. The van der Waals surface area contributed by atoms with Gasteiger partial charge in [-0.3, -0.25) is 9.59 Å². The van der Waals surface area contributed by atoms with E-state index in [2.05, 4.69) is 0 Å². The van der Waals surface area contributed by atoms with E-state index in [0.717, 1.165) is 45.3 Å². The van der Waals surface area contributed by atoms with Gasteiger partial charge in [-0.2, -0.15) is 0 Å². The number of aromatic hydroxyl groups is 2. The van der Waals surface area contributed by atoms with E-state index in [1.54, 1.807) is 6.92 Å². The molecule has 3 saturated heterocycles. The van der Waals surface area contributed by atoms with Gasteiger partial charge in [0.25, 0.3) is 0 Å². The molecule has 3 fully saturated rings. The van der Waals surface area contributed by atoms with Crippen LogP contribution in [0, 0.1) is 0 Å². The van der Waals surface area contributed by atoms with Gasteiger partial charge in [-0.25, -0.2) is 4.79 Å². The van der Waals surface area contributed by atoms with Crippen LogP contribution in [0.25, 0.3) is 0 Å². The fourth-order valence-electron chi connectivity index (χ4n) is 3.43. The number of carbonyl (C=O) groups is 3. The van der Waals surface area contributed by atoms with E-state index < -0.39 is 5.97 Å². The Morgan fingerprint density at radius 1 is 0.969 bits per heavy atom. The summed E-state index contributed by atoms with van der Waals surface area (Å²) in [6, 6.07) is 2.40. The lowest BCUT2D eigenvalue weighted by Crippen LogP contribution is -2.29. The number of esters is 1. The van der Waals surface area contributed by atoms with Crippen molar-refractivity contribution in [1.82, 2.24) is 14.7 Å². The molecule has 170 valence electrons. The second-order valence-corrected chi connectivity index (χ2v) is 7.80. The number of nitrogens with zero attached hydrogens (tertiary/aromatic N) is 3. The van der Waals surface area contributed by atoms with Crippen LogP contribution >= 0.6 is 0 Å². The van der Waals surface area contributed by atoms with Gasteiger partial charge in [0, 0.05) is 57.5 Å². The van der Waals surface area contributed by atoms with Crippen LogP contribution in [0.3, 0.4) is 0 Å². The van der Waals surface area contributed by atoms with Crippen LogP contribution in [0.1, 0.15) is 22.8 Å². The molecular formula is C22H26N4O6. The minimum Gasteiger partial charge on any atom is -0.508 e. The highest BCUT2D eigenvalue weighted by molar-refractivity contribution is 6.22. The second kappa shape index (κ2) is 8.54. The molecule has 4 N–H and O–H groups in total. The Balaban J connectivity index is 0.000000155. The minimum atomic E-state index is -0.672. The number of phenolic OH excluding ortho intramolecular Hbond substituents is 2. The normalized spacial score (nSPS) is 18.8. The van der Waals surface area contributed by atoms with E-state index in [0.29, 0.717) is 22.7 Å². The molecule has 3 heterocycles. The summed E-state index contributed by atoms with van der Waals surface area (Å²) in [6.45, 7) is 7.35. The summed E-state index contributed by atoms with van der Waals surface area (Å²) in [5.41, 5.74) is 7.52. The number of ether oxygens (including phenoxy) is 1. The number of hydrogen-bond donors (Lipinski definition) is 3. The third-order valence-corrected chi connectivity index (χ3v) is 5.40. The molecule has 0 atom stereocenters. The Hall–Kier alpha value is -3.53. The van der Waals surface area contributed by atoms with E-state index in [1.807, 2.05) is 14.7 Å². The van der Waals surface area contributed by atoms with Gasteiger partial charge in [0.2, 0.25) is 11.6 Å². The van der Waals surface area contributed by atoms with Gasteiger partial charge in [-0.15, -0.1) is 0 Å². The highest BCUT2D eigenvalue weighted by Gasteiger charge is 2.43. The van der Waals surface area contributed by atoms with Crippen LogP contribution in [0.4, 0.5) is 0 Å². The van der Waals surface area contributed by atoms with Crippen molar-refractivity contribution in [2.45, 2.75) is 13.5 Å². The molecule has 0 amide bonds. The van der Waals surface area contributed by atoms with E-state index >= 15 is 0 Å². The molecule has 1 aromatic carbocycles. The summed E-state index contributed by atoms with van der Waals surface area (Å²) in [4.78, 5) is 41.8. The molecule has 0 saturated carbocycles. The zero-order valence-electron chi connectivity index (χ0n) is 17.8. The lowest BCUT2D eigenvalue weighted by molar-refractivity contribution is -0.117. The number of rotatable bonds is 6. The molecule has 1 aromatic rings. The molecule has 3 aliphatic heterocycles. The summed E-state index contributed by atoms with van der Waals surface area (Å²) < 4.78 is 4.70. The monoisotopic (exact) mass is 442 g/mol. The fourth-order valence-corrected chi connectivity index (χ4v) is 3.43. The van der Waals surface area contributed by atoms with Crippen molar-refractivity contribution in [2.24, 2.45) is 5.73 Å². The first-order valence-electron chi connectivity index (χ1n) is 10.6. The van der Waals surface area contributed by atoms with Gasteiger partial charge >= 0.3 is 5.97 Å². The van der Waals surface area contributed by atoms with Gasteiger partial charge in [-0.05, 0) is 19.1 Å². The lowest BCUT2D eigenvalue weighted by Gasteiger charge is -2.21. The standard InChI is InChI=1S/C12H13N3O2.C10H13NO4/c16-9-7-8(13-1-2-13)12(17)11(15-5-6-15)10(9)14-3-4-14;1-2-15-10(14)7-4-8(12)6(5-11)3-9(7)13/h7H,1-6H2;3-4,12-13H,2,5,11H2,1H3. The number of Topliss-reactive ketones (excluding diaryl/α,β-unsaturated/α-hetero) is 1. The molecule has 0 spiro atoms. The third-order valence-electron chi connectivity index (χ3n) is 5.40. The molecule has 5 rings (SSSR count). The van der Waals surface area contributed by atoms with Crippen LogP contribution in [-0.4, -0.2) is 88.3 Å². The van der Waals surface area contributed by atoms with Crippen molar-refractivity contribution in [1.29, 1.82) is 0 Å². The summed E-state index contributed by atoms with van der Waals surface area (Å²) in [7, 11) is 0. The highest BCUT2D eigenvalue weighted by atomic mass is 16.5. The smallest absolute Gasteiger partial charge is 0.342 e. The minimum absolute atomic E-state index is 0.00546. The Bertz CT molecular complexity index is 1040. The maximum Gasteiger partial charge on any atom is 0.342 e. The van der Waals surface area contributed by atoms with E-state index in [4.69, 9.17) is 10.5 Å². The Morgan fingerprint density at radius 3 is 2.09 bits per heavy atom. The average Bonchev–Trinajstić information content (AvgIpc) is 3.62. The van der Waals surface area contributed by atoms with Crippen LogP contribution in [0.15, 0.2) is 35.3 Å². The predicted molar refractivity (Wildman–Crippen MR) is 113 cm³/mol. The SMILES string of the molecule is CCOC(=O)c1cc(O)c(CN)cc1O.O=C1C=C(N2CC2)C(=O)C(N2CC2)=C1N1CC1. The molecule has 1 aliphatic carbocycles. The zero-order chi connectivity index (χ0) is 23.0. The maximum atomic E-state index is 12.4. The summed E-state index contributed by atoms with van der Waals surface area (Å²) in [6.07, 6.45) is 1.52. The van der Waals surface area contributed by atoms with Crippen LogP contribution < -0.4 is 5.73 Å². The molecule has 0 radical (unpaired) electrons. The molecule has 10 heteroatoms. The summed E-state index contributed by atoms with van der Waals surface area (Å²) in [5, 5.41) is 18.9. The van der Waals surface area contributed by atoms with E-state index in [9.17, 15) is 24.6 Å². The van der Waals surface area contributed by atoms with Gasteiger partial charge < -0.3 is 35.4 Å². The molecule has 10 nitrogen and oxygen atoms in total. The highest BCUT2D eigenvalue weighted by Crippen LogP contribution is 2.34. The molecule has 4 aliphatic rings. The van der Waals surface area contributed by atoms with Crippen molar-refractivity contribution in [3.8, 4) is 11.5 Å². The number of nitrogens with two attached hydrogens (primary N) is 1. The Kier molecular flexibility index (Phi) is 5.79. The second-order valence-electron chi connectivity index (χ2n) is 7.80. The number of phenols is 2. The first-order valence-corrected chi connectivity index (χ1v) is 10.6. The van der Waals surface area contributed by atoms with Crippen molar-refractivity contribution in [2.75, 3.05) is 45.9 Å².